The van der Waals surface area contributed by atoms with Gasteiger partial charge in [0.25, 0.3) is 0 Å². The molecule has 2 saturated heterocycles. The first-order valence-electron chi connectivity index (χ1n) is 9.57. The third kappa shape index (κ3) is 3.63. The van der Waals surface area contributed by atoms with E-state index in [9.17, 15) is 13.2 Å². The molecule has 0 radical (unpaired) electrons. The summed E-state index contributed by atoms with van der Waals surface area (Å²) in [5.74, 6) is 0.468. The lowest BCUT2D eigenvalue weighted by Crippen LogP contribution is -2.48. The molecule has 2 aliphatic rings. The Balaban J connectivity index is 1.37. The van der Waals surface area contributed by atoms with Gasteiger partial charge in [-0.3, -0.25) is 0 Å². The van der Waals surface area contributed by atoms with Crippen molar-refractivity contribution in [2.24, 2.45) is 0 Å². The average molecular weight is 391 g/mol. The number of halogens is 3. The molecule has 3 nitrogen and oxygen atoms in total. The molecule has 2 heterocycles. The number of nitrogens with zero attached hydrogens (tertiary/aromatic N) is 1. The van der Waals surface area contributed by atoms with Gasteiger partial charge in [-0.1, -0.05) is 24.3 Å². The predicted octanol–water partition coefficient (Wildman–Crippen LogP) is 4.96. The molecule has 0 spiro atoms. The van der Waals surface area contributed by atoms with Crippen LogP contribution in [-0.4, -0.2) is 33.4 Å². The number of alkyl halides is 3. The van der Waals surface area contributed by atoms with Crippen LogP contribution in [-0.2, 0) is 21.3 Å². The van der Waals surface area contributed by atoms with Gasteiger partial charge in [0.05, 0.1) is 18.8 Å². The minimum absolute atomic E-state index is 0.301. The van der Waals surface area contributed by atoms with E-state index >= 15 is 0 Å². The molecule has 0 saturated carbocycles. The molecule has 2 fully saturated rings. The first kappa shape index (κ1) is 19.3. The molecule has 0 unspecified atom stereocenters. The fourth-order valence-corrected chi connectivity index (χ4v) is 4.08. The number of ether oxygens (including phenoxy) is 2. The molecule has 2 aromatic rings. The van der Waals surface area contributed by atoms with Crippen molar-refractivity contribution < 1.29 is 22.6 Å². The van der Waals surface area contributed by atoms with E-state index in [-0.39, 0.29) is 5.60 Å². The van der Waals surface area contributed by atoms with Crippen molar-refractivity contribution in [2.75, 3.05) is 38.3 Å². The standard InChI is InChI=1S/C22H24F3NO2/c1-27-21(14-28-15-21)18-4-2-16(3-5-18)17-10-12-26(13-11-17)20-8-6-19(7-9-20)22(23,24)25/h2-9,17H,10-15H2,1H3. The van der Waals surface area contributed by atoms with Crippen molar-refractivity contribution in [1.29, 1.82) is 0 Å². The van der Waals surface area contributed by atoms with Crippen molar-refractivity contribution in [3.63, 3.8) is 0 Å². The van der Waals surface area contributed by atoms with Gasteiger partial charge in [-0.15, -0.1) is 0 Å². The van der Waals surface area contributed by atoms with Gasteiger partial charge in [0.1, 0.15) is 5.60 Å². The van der Waals surface area contributed by atoms with Crippen LogP contribution in [0.1, 0.15) is 35.4 Å². The van der Waals surface area contributed by atoms with Crippen molar-refractivity contribution >= 4 is 5.69 Å². The maximum atomic E-state index is 12.7. The number of hydrogen-bond donors (Lipinski definition) is 0. The third-order valence-electron chi connectivity index (χ3n) is 6.02. The molecule has 0 atom stereocenters. The Hall–Kier alpha value is -2.05. The Bertz CT molecular complexity index is 785. The van der Waals surface area contributed by atoms with Crippen LogP contribution in [0, 0.1) is 0 Å². The van der Waals surface area contributed by atoms with Crippen LogP contribution >= 0.6 is 0 Å². The fourth-order valence-electron chi connectivity index (χ4n) is 4.08. The maximum absolute atomic E-state index is 12.7. The second-order valence-corrected chi connectivity index (χ2v) is 7.62. The Morgan fingerprint density at radius 2 is 1.57 bits per heavy atom. The molecule has 28 heavy (non-hydrogen) atoms. The lowest BCUT2D eigenvalue weighted by Gasteiger charge is -2.40. The largest absolute Gasteiger partial charge is 0.416 e. The lowest BCUT2D eigenvalue weighted by molar-refractivity contribution is -0.202. The van der Waals surface area contributed by atoms with E-state index in [1.54, 1.807) is 19.2 Å². The van der Waals surface area contributed by atoms with E-state index in [0.717, 1.165) is 49.3 Å². The lowest BCUT2D eigenvalue weighted by atomic mass is 9.86. The molecule has 0 amide bonds. The highest BCUT2D eigenvalue weighted by Crippen LogP contribution is 2.36. The first-order valence-corrected chi connectivity index (χ1v) is 9.57. The molecular weight excluding hydrogens is 367 g/mol. The molecule has 0 aliphatic carbocycles. The number of hydrogen-bond acceptors (Lipinski definition) is 3. The number of anilines is 1. The summed E-state index contributed by atoms with van der Waals surface area (Å²) in [6, 6.07) is 14.1. The van der Waals surface area contributed by atoms with Gasteiger partial charge in [-0.2, -0.15) is 13.2 Å². The molecule has 150 valence electrons. The molecule has 2 aromatic carbocycles. The van der Waals surface area contributed by atoms with E-state index in [1.807, 2.05) is 0 Å². The van der Waals surface area contributed by atoms with Crippen LogP contribution in [0.2, 0.25) is 0 Å². The van der Waals surface area contributed by atoms with Gasteiger partial charge in [0.2, 0.25) is 0 Å². The summed E-state index contributed by atoms with van der Waals surface area (Å²) in [6.45, 7) is 2.87. The average Bonchev–Trinajstić information content (AvgIpc) is 2.68. The zero-order valence-electron chi connectivity index (χ0n) is 15.8. The van der Waals surface area contributed by atoms with Crippen LogP contribution in [0.15, 0.2) is 48.5 Å². The van der Waals surface area contributed by atoms with Gasteiger partial charge >= 0.3 is 6.18 Å². The molecule has 4 rings (SSSR count). The van der Waals surface area contributed by atoms with Crippen molar-refractivity contribution in [2.45, 2.75) is 30.5 Å². The van der Waals surface area contributed by atoms with Crippen LogP contribution in [0.3, 0.4) is 0 Å². The monoisotopic (exact) mass is 391 g/mol. The predicted molar refractivity (Wildman–Crippen MR) is 102 cm³/mol. The summed E-state index contributed by atoms with van der Waals surface area (Å²) < 4.78 is 49.1. The summed E-state index contributed by atoms with van der Waals surface area (Å²) in [5.41, 5.74) is 2.41. The van der Waals surface area contributed by atoms with E-state index in [4.69, 9.17) is 9.47 Å². The summed E-state index contributed by atoms with van der Waals surface area (Å²) in [7, 11) is 1.72. The van der Waals surface area contributed by atoms with Crippen molar-refractivity contribution in [1.82, 2.24) is 0 Å². The molecule has 2 aliphatic heterocycles. The minimum Gasteiger partial charge on any atom is -0.375 e. The quantitative estimate of drug-likeness (QED) is 0.735. The van der Waals surface area contributed by atoms with Gasteiger partial charge < -0.3 is 14.4 Å². The number of piperidine rings is 1. The smallest absolute Gasteiger partial charge is 0.375 e. The maximum Gasteiger partial charge on any atom is 0.416 e. The SMILES string of the molecule is COC1(c2ccc(C3CCN(c4ccc(C(F)(F)F)cc4)CC3)cc2)COC1. The second-order valence-electron chi connectivity index (χ2n) is 7.62. The summed E-state index contributed by atoms with van der Waals surface area (Å²) in [4.78, 5) is 2.16. The normalized spacial score (nSPS) is 20.1. The van der Waals surface area contributed by atoms with E-state index < -0.39 is 11.7 Å². The summed E-state index contributed by atoms with van der Waals surface area (Å²) in [5, 5.41) is 0. The second kappa shape index (κ2) is 7.41. The van der Waals surface area contributed by atoms with Crippen molar-refractivity contribution in [3.05, 3.63) is 65.2 Å². The minimum atomic E-state index is -4.29. The number of methoxy groups -OCH3 is 1. The topological polar surface area (TPSA) is 21.7 Å². The van der Waals surface area contributed by atoms with Crippen LogP contribution < -0.4 is 4.90 Å². The van der Waals surface area contributed by atoms with Gasteiger partial charge in [-0.05, 0) is 54.2 Å². The molecule has 0 bridgehead atoms. The van der Waals surface area contributed by atoms with Crippen LogP contribution in [0.25, 0.3) is 0 Å². The third-order valence-corrected chi connectivity index (χ3v) is 6.02. The Morgan fingerprint density at radius 1 is 0.964 bits per heavy atom. The molecular formula is C22H24F3NO2. The molecule has 0 aromatic heterocycles. The van der Waals surface area contributed by atoms with E-state index in [2.05, 4.69) is 29.2 Å². The zero-order valence-corrected chi connectivity index (χ0v) is 15.8. The van der Waals surface area contributed by atoms with E-state index in [1.165, 1.54) is 5.56 Å². The van der Waals surface area contributed by atoms with Gasteiger partial charge in [-0.25, -0.2) is 0 Å². The highest BCUT2D eigenvalue weighted by molar-refractivity contribution is 5.48. The Morgan fingerprint density at radius 3 is 2.04 bits per heavy atom. The zero-order chi connectivity index (χ0) is 19.8. The first-order chi connectivity index (χ1) is 13.4. The molecule has 6 heteroatoms. The highest BCUT2D eigenvalue weighted by Gasteiger charge is 2.40. The number of benzene rings is 2. The highest BCUT2D eigenvalue weighted by atomic mass is 19.4. The van der Waals surface area contributed by atoms with Gasteiger partial charge in [0, 0.05) is 25.9 Å². The fraction of sp³-hybridized carbons (Fsp3) is 0.455. The van der Waals surface area contributed by atoms with Crippen molar-refractivity contribution in [3.8, 4) is 0 Å². The summed E-state index contributed by atoms with van der Waals surface area (Å²) in [6.07, 6.45) is -2.32. The van der Waals surface area contributed by atoms with Gasteiger partial charge in [0.15, 0.2) is 0 Å². The van der Waals surface area contributed by atoms with Crippen LogP contribution in [0.4, 0.5) is 18.9 Å². The Labute approximate surface area is 163 Å². The van der Waals surface area contributed by atoms with Crippen LogP contribution in [0.5, 0.6) is 0 Å². The molecule has 0 N–H and O–H groups in total. The van der Waals surface area contributed by atoms with E-state index in [0.29, 0.717) is 19.1 Å². The number of rotatable bonds is 4. The Kier molecular flexibility index (Phi) is 5.10. The summed E-state index contributed by atoms with van der Waals surface area (Å²) >= 11 is 0.